The van der Waals surface area contributed by atoms with Gasteiger partial charge in [0.1, 0.15) is 11.4 Å². The van der Waals surface area contributed by atoms with Gasteiger partial charge in [-0.25, -0.2) is 15.2 Å². The van der Waals surface area contributed by atoms with Crippen LogP contribution in [0.2, 0.25) is 0 Å². The predicted octanol–water partition coefficient (Wildman–Crippen LogP) is -0.333. The van der Waals surface area contributed by atoms with Crippen LogP contribution in [0.4, 0.5) is 0 Å². The van der Waals surface area contributed by atoms with Gasteiger partial charge in [-0.05, 0) is 6.92 Å². The summed E-state index contributed by atoms with van der Waals surface area (Å²) in [4.78, 5) is 29.0. The summed E-state index contributed by atoms with van der Waals surface area (Å²) < 4.78 is 0. The van der Waals surface area contributed by atoms with Crippen LogP contribution in [0.1, 0.15) is 17.4 Å². The average molecular weight is 208 g/mol. The van der Waals surface area contributed by atoms with Crippen LogP contribution in [0.5, 0.6) is 0 Å². The zero-order valence-corrected chi connectivity index (χ0v) is 7.84. The van der Waals surface area contributed by atoms with Gasteiger partial charge in [0.05, 0.1) is 6.20 Å². The van der Waals surface area contributed by atoms with E-state index in [9.17, 15) is 9.59 Å². The number of nitrogens with one attached hydrogen (secondary N) is 1. The van der Waals surface area contributed by atoms with Gasteiger partial charge in [-0.3, -0.25) is 9.78 Å². The van der Waals surface area contributed by atoms with E-state index in [1.165, 1.54) is 25.5 Å². The van der Waals surface area contributed by atoms with Crippen LogP contribution in [0.15, 0.2) is 23.7 Å². The third kappa shape index (κ3) is 3.14. The zero-order valence-electron chi connectivity index (χ0n) is 7.84. The van der Waals surface area contributed by atoms with Crippen LogP contribution in [-0.4, -0.2) is 32.7 Å². The molecular weight excluding hydrogens is 200 g/mol. The van der Waals surface area contributed by atoms with Gasteiger partial charge in [-0.2, -0.15) is 5.10 Å². The Kier molecular flexibility index (Phi) is 3.44. The summed E-state index contributed by atoms with van der Waals surface area (Å²) >= 11 is 0. The van der Waals surface area contributed by atoms with Crippen molar-refractivity contribution in [2.45, 2.75) is 6.92 Å². The second-order valence-corrected chi connectivity index (χ2v) is 2.53. The van der Waals surface area contributed by atoms with Crippen molar-refractivity contribution in [3.05, 3.63) is 24.3 Å². The highest BCUT2D eigenvalue weighted by atomic mass is 16.4. The highest BCUT2D eigenvalue weighted by molar-refractivity contribution is 6.34. The van der Waals surface area contributed by atoms with E-state index in [1.54, 1.807) is 0 Å². The van der Waals surface area contributed by atoms with Crippen LogP contribution < -0.4 is 5.43 Å². The highest BCUT2D eigenvalue weighted by Gasteiger charge is 2.07. The maximum Gasteiger partial charge on any atom is 0.351 e. The fraction of sp³-hybridized carbons (Fsp3) is 0.125. The zero-order chi connectivity index (χ0) is 11.3. The molecule has 1 heterocycles. The van der Waals surface area contributed by atoms with E-state index in [4.69, 9.17) is 5.11 Å². The monoisotopic (exact) mass is 208 g/mol. The Labute approximate surface area is 84.9 Å². The third-order valence-electron chi connectivity index (χ3n) is 1.43. The number of carbonyl (C=O) groups excluding carboxylic acids is 1. The molecule has 0 radical (unpaired) electrons. The van der Waals surface area contributed by atoms with E-state index in [-0.39, 0.29) is 11.4 Å². The minimum atomic E-state index is -1.20. The van der Waals surface area contributed by atoms with Crippen LogP contribution in [-0.2, 0) is 4.79 Å². The number of hydrazone groups is 1. The van der Waals surface area contributed by atoms with E-state index >= 15 is 0 Å². The number of carboxylic acids is 1. The van der Waals surface area contributed by atoms with Crippen LogP contribution in [0, 0.1) is 0 Å². The fourth-order valence-electron chi connectivity index (χ4n) is 0.656. The molecule has 0 atom stereocenters. The van der Waals surface area contributed by atoms with Gasteiger partial charge in [0.25, 0.3) is 5.91 Å². The molecule has 78 valence electrons. The molecule has 7 heteroatoms. The van der Waals surface area contributed by atoms with Crippen LogP contribution in [0.25, 0.3) is 0 Å². The lowest BCUT2D eigenvalue weighted by Crippen LogP contribution is -2.22. The molecule has 0 fully saturated rings. The standard InChI is InChI=1S/C8H8N4O3/c1-5(8(14)15)11-12-7(13)6-4-9-2-3-10-6/h2-4H,1H3,(H,12,13)(H,14,15)/b11-5+. The van der Waals surface area contributed by atoms with Crippen LogP contribution >= 0.6 is 0 Å². The lowest BCUT2D eigenvalue weighted by molar-refractivity contribution is -0.129. The first-order valence-electron chi connectivity index (χ1n) is 3.95. The highest BCUT2D eigenvalue weighted by Crippen LogP contribution is 1.89. The second-order valence-electron chi connectivity index (χ2n) is 2.53. The Balaban J connectivity index is 2.66. The number of rotatable bonds is 3. The van der Waals surface area contributed by atoms with E-state index in [0.717, 1.165) is 0 Å². The minimum Gasteiger partial charge on any atom is -0.477 e. The minimum absolute atomic E-state index is 0.0689. The van der Waals surface area contributed by atoms with Crippen molar-refractivity contribution in [1.82, 2.24) is 15.4 Å². The number of carboxylic acid groups (broad SMARTS) is 1. The van der Waals surface area contributed by atoms with Crippen LogP contribution in [0.3, 0.4) is 0 Å². The van der Waals surface area contributed by atoms with Crippen molar-refractivity contribution < 1.29 is 14.7 Å². The molecule has 0 aliphatic heterocycles. The van der Waals surface area contributed by atoms with Crippen molar-refractivity contribution in [2.24, 2.45) is 5.10 Å². The third-order valence-corrected chi connectivity index (χ3v) is 1.43. The van der Waals surface area contributed by atoms with Gasteiger partial charge in [0.2, 0.25) is 0 Å². The quantitative estimate of drug-likeness (QED) is 0.522. The molecule has 0 saturated heterocycles. The van der Waals surface area contributed by atoms with E-state index in [0.29, 0.717) is 0 Å². The number of nitrogens with zero attached hydrogens (tertiary/aromatic N) is 3. The molecule has 1 amide bonds. The topological polar surface area (TPSA) is 105 Å². The van der Waals surface area contributed by atoms with Gasteiger partial charge < -0.3 is 5.11 Å². The van der Waals surface area contributed by atoms with Crippen molar-refractivity contribution in [2.75, 3.05) is 0 Å². The predicted molar refractivity (Wildman–Crippen MR) is 50.2 cm³/mol. The number of hydrogen-bond donors (Lipinski definition) is 2. The molecule has 0 bridgehead atoms. The number of aliphatic carboxylic acids is 1. The fourth-order valence-corrected chi connectivity index (χ4v) is 0.656. The lowest BCUT2D eigenvalue weighted by atomic mass is 10.4. The molecule has 0 spiro atoms. The molecule has 1 rings (SSSR count). The Morgan fingerprint density at radius 2 is 2.20 bits per heavy atom. The number of carbonyl (C=O) groups is 2. The summed E-state index contributed by atoms with van der Waals surface area (Å²) in [5, 5.41) is 11.8. The van der Waals surface area contributed by atoms with Crippen molar-refractivity contribution in [1.29, 1.82) is 0 Å². The molecule has 1 aromatic heterocycles. The maximum atomic E-state index is 11.3. The molecule has 0 aromatic carbocycles. The number of aromatic nitrogens is 2. The first-order chi connectivity index (χ1) is 7.11. The van der Waals surface area contributed by atoms with Crippen molar-refractivity contribution in [3.63, 3.8) is 0 Å². The second kappa shape index (κ2) is 4.80. The molecule has 2 N–H and O–H groups in total. The molecule has 1 aromatic rings. The van der Waals surface area contributed by atoms with Gasteiger partial charge in [0.15, 0.2) is 0 Å². The first kappa shape index (κ1) is 10.8. The summed E-state index contributed by atoms with van der Waals surface area (Å²) in [7, 11) is 0. The van der Waals surface area contributed by atoms with Gasteiger partial charge in [-0.1, -0.05) is 0 Å². The Morgan fingerprint density at radius 3 is 2.73 bits per heavy atom. The summed E-state index contributed by atoms with van der Waals surface area (Å²) in [6.07, 6.45) is 4.02. The molecule has 15 heavy (non-hydrogen) atoms. The summed E-state index contributed by atoms with van der Waals surface area (Å²) in [5.41, 5.74) is 1.90. The van der Waals surface area contributed by atoms with Crippen molar-refractivity contribution >= 4 is 17.6 Å². The van der Waals surface area contributed by atoms with Crippen molar-refractivity contribution in [3.8, 4) is 0 Å². The first-order valence-corrected chi connectivity index (χ1v) is 3.95. The summed E-state index contributed by atoms with van der Waals surface area (Å²) in [6, 6.07) is 0. The largest absolute Gasteiger partial charge is 0.477 e. The summed E-state index contributed by atoms with van der Waals surface area (Å²) in [6.45, 7) is 1.26. The molecule has 0 aliphatic carbocycles. The van der Waals surface area contributed by atoms with E-state index in [1.807, 2.05) is 5.43 Å². The Bertz CT molecular complexity index is 402. The molecule has 7 nitrogen and oxygen atoms in total. The smallest absolute Gasteiger partial charge is 0.351 e. The molecule has 0 aliphatic rings. The SMILES string of the molecule is C/C(=N\NC(=O)c1cnccn1)C(=O)O. The Hall–Kier alpha value is -2.31. The van der Waals surface area contributed by atoms with Gasteiger partial charge in [-0.15, -0.1) is 0 Å². The Morgan fingerprint density at radius 1 is 1.47 bits per heavy atom. The van der Waals surface area contributed by atoms with E-state index < -0.39 is 11.9 Å². The normalized spacial score (nSPS) is 10.9. The lowest BCUT2D eigenvalue weighted by Gasteiger charge is -1.98. The van der Waals surface area contributed by atoms with E-state index in [2.05, 4.69) is 15.1 Å². The molecule has 0 unspecified atom stereocenters. The molecule has 0 saturated carbocycles. The maximum absolute atomic E-state index is 11.3. The number of amides is 1. The summed E-state index contributed by atoms with van der Waals surface area (Å²) in [5.74, 6) is -1.81. The average Bonchev–Trinajstić information content (AvgIpc) is 2.26. The van der Waals surface area contributed by atoms with Gasteiger partial charge in [0, 0.05) is 12.4 Å². The van der Waals surface area contributed by atoms with Gasteiger partial charge >= 0.3 is 5.97 Å². The number of hydrogen-bond acceptors (Lipinski definition) is 5. The molecular formula is C8H8N4O3.